The number of hydrogen-bond donors (Lipinski definition) is 1. The van der Waals surface area contributed by atoms with Crippen LogP contribution in [-0.4, -0.2) is 37.4 Å². The van der Waals surface area contributed by atoms with Gasteiger partial charge in [-0.1, -0.05) is 36.0 Å². The Hall–Kier alpha value is -3.23. The van der Waals surface area contributed by atoms with Crippen LogP contribution in [0.2, 0.25) is 0 Å². The maximum Gasteiger partial charge on any atom is 0.262 e. The van der Waals surface area contributed by atoms with Gasteiger partial charge in [-0.3, -0.25) is 14.2 Å². The molecule has 4 aromatic rings. The first-order chi connectivity index (χ1) is 16.4. The van der Waals surface area contributed by atoms with Crippen LogP contribution in [0.15, 0.2) is 64.5 Å². The third-order valence-electron chi connectivity index (χ3n) is 5.83. The molecule has 0 saturated heterocycles. The van der Waals surface area contributed by atoms with E-state index in [4.69, 9.17) is 0 Å². The molecular formula is C26H26FN3O3S. The molecule has 176 valence electrons. The lowest BCUT2D eigenvalue weighted by Crippen LogP contribution is -2.24. The van der Waals surface area contributed by atoms with Crippen molar-refractivity contribution in [3.63, 3.8) is 0 Å². The average Bonchev–Trinajstić information content (AvgIpc) is 3.12. The Morgan fingerprint density at radius 1 is 1.09 bits per heavy atom. The second-order valence-corrected chi connectivity index (χ2v) is 9.10. The minimum Gasteiger partial charge on any atom is -0.396 e. The van der Waals surface area contributed by atoms with Crippen LogP contribution in [0.25, 0.3) is 10.9 Å². The normalized spacial score (nSPS) is 11.3. The zero-order chi connectivity index (χ0) is 24.2. The fourth-order valence-electron chi connectivity index (χ4n) is 3.99. The number of benzene rings is 2. The molecule has 2 heterocycles. The molecule has 0 aliphatic carbocycles. The molecule has 8 heteroatoms. The van der Waals surface area contributed by atoms with Gasteiger partial charge < -0.3 is 9.67 Å². The number of thioether (sulfide) groups is 1. The fraction of sp³-hybridized carbons (Fsp3) is 0.269. The number of Topliss-reactive ketones (excluding diaryl/α,β-unsaturated/α-hetero) is 1. The number of aryl methyl sites for hydroxylation is 1. The van der Waals surface area contributed by atoms with Gasteiger partial charge in [0.2, 0.25) is 0 Å². The molecule has 0 atom stereocenters. The summed E-state index contributed by atoms with van der Waals surface area (Å²) >= 11 is 1.23. The van der Waals surface area contributed by atoms with Gasteiger partial charge in [-0.15, -0.1) is 0 Å². The van der Waals surface area contributed by atoms with Gasteiger partial charge in [0.15, 0.2) is 10.9 Å². The summed E-state index contributed by atoms with van der Waals surface area (Å²) in [4.78, 5) is 30.7. The number of aliphatic hydroxyl groups excluding tert-OH is 1. The Morgan fingerprint density at radius 2 is 1.82 bits per heavy atom. The highest BCUT2D eigenvalue weighted by Crippen LogP contribution is 2.23. The highest BCUT2D eigenvalue weighted by molar-refractivity contribution is 7.99. The summed E-state index contributed by atoms with van der Waals surface area (Å²) < 4.78 is 16.8. The molecular weight excluding hydrogens is 453 g/mol. The molecule has 0 bridgehead atoms. The van der Waals surface area contributed by atoms with Gasteiger partial charge in [0.05, 0.1) is 16.7 Å². The van der Waals surface area contributed by atoms with Crippen LogP contribution in [-0.2, 0) is 13.1 Å². The van der Waals surface area contributed by atoms with Crippen molar-refractivity contribution in [3.8, 4) is 0 Å². The molecule has 0 saturated carbocycles. The summed E-state index contributed by atoms with van der Waals surface area (Å²) in [5.74, 6) is -0.206. The van der Waals surface area contributed by atoms with Gasteiger partial charge >= 0.3 is 0 Å². The SMILES string of the molecule is Cc1cc(C(=O)CSc2nc3ccccc3c(=O)n2CCCO)c(C)n1Cc1ccc(F)cc1. The molecule has 2 aromatic carbocycles. The smallest absolute Gasteiger partial charge is 0.262 e. The van der Waals surface area contributed by atoms with Crippen LogP contribution in [0.4, 0.5) is 4.39 Å². The predicted octanol–water partition coefficient (Wildman–Crippen LogP) is 4.36. The number of rotatable bonds is 9. The summed E-state index contributed by atoms with van der Waals surface area (Å²) in [5, 5.41) is 10.2. The van der Waals surface area contributed by atoms with Crippen LogP contribution in [0.5, 0.6) is 0 Å². The lowest BCUT2D eigenvalue weighted by atomic mass is 10.2. The first kappa shape index (κ1) is 23.9. The molecule has 0 radical (unpaired) electrons. The second kappa shape index (κ2) is 10.4. The van der Waals surface area contributed by atoms with Gasteiger partial charge in [-0.2, -0.15) is 0 Å². The fourth-order valence-corrected chi connectivity index (χ4v) is 4.90. The quantitative estimate of drug-likeness (QED) is 0.219. The number of fused-ring (bicyclic) bond motifs is 1. The molecule has 1 N–H and O–H groups in total. The summed E-state index contributed by atoms with van der Waals surface area (Å²) in [6.07, 6.45) is 0.423. The maximum atomic E-state index is 13.2. The molecule has 0 aliphatic heterocycles. The Labute approximate surface area is 201 Å². The van der Waals surface area contributed by atoms with Crippen LogP contribution in [0.1, 0.15) is 33.7 Å². The third kappa shape index (κ3) is 4.98. The van der Waals surface area contributed by atoms with Gasteiger partial charge in [0.1, 0.15) is 5.82 Å². The van der Waals surface area contributed by atoms with Crippen LogP contribution in [0, 0.1) is 19.7 Å². The van der Waals surface area contributed by atoms with E-state index in [9.17, 15) is 19.1 Å². The first-order valence-electron chi connectivity index (χ1n) is 11.1. The second-order valence-electron chi connectivity index (χ2n) is 8.15. The number of halogens is 1. The highest BCUT2D eigenvalue weighted by atomic mass is 32.2. The van der Waals surface area contributed by atoms with Gasteiger partial charge in [-0.05, 0) is 56.2 Å². The molecule has 0 unspecified atom stereocenters. The van der Waals surface area contributed by atoms with Crippen molar-refractivity contribution in [3.05, 3.63) is 93.3 Å². The zero-order valence-corrected chi connectivity index (χ0v) is 19.9. The number of nitrogens with zero attached hydrogens (tertiary/aromatic N) is 3. The predicted molar refractivity (Wildman–Crippen MR) is 132 cm³/mol. The van der Waals surface area contributed by atoms with Crippen molar-refractivity contribution >= 4 is 28.4 Å². The van der Waals surface area contributed by atoms with Gasteiger partial charge in [0, 0.05) is 36.6 Å². The van der Waals surface area contributed by atoms with Crippen LogP contribution in [0.3, 0.4) is 0 Å². The van der Waals surface area contributed by atoms with Crippen molar-refractivity contribution in [1.29, 1.82) is 0 Å². The lowest BCUT2D eigenvalue weighted by molar-refractivity contribution is 0.102. The topological polar surface area (TPSA) is 77.1 Å². The van der Waals surface area contributed by atoms with E-state index in [0.717, 1.165) is 17.0 Å². The number of ketones is 1. The monoisotopic (exact) mass is 479 g/mol. The maximum absolute atomic E-state index is 13.2. The summed E-state index contributed by atoms with van der Waals surface area (Å²) in [7, 11) is 0. The van der Waals surface area contributed by atoms with Crippen LogP contribution < -0.4 is 5.56 Å². The van der Waals surface area contributed by atoms with Gasteiger partial charge in [-0.25, -0.2) is 9.37 Å². The number of aliphatic hydroxyl groups is 1. The standard InChI is InChI=1S/C26H26FN3O3S/c1-17-14-22(18(2)30(17)15-19-8-10-20(27)11-9-19)24(32)16-34-26-28-23-7-4-3-6-21(23)25(33)29(26)12-5-13-31/h3-4,6-11,14,31H,5,12-13,15-16H2,1-2H3. The largest absolute Gasteiger partial charge is 0.396 e. The minimum atomic E-state index is -0.280. The van der Waals surface area contributed by atoms with E-state index in [1.165, 1.54) is 28.5 Å². The van der Waals surface area contributed by atoms with E-state index < -0.39 is 0 Å². The molecule has 0 spiro atoms. The first-order valence-corrected chi connectivity index (χ1v) is 12.0. The Bertz CT molecular complexity index is 1390. The van der Waals surface area contributed by atoms with Crippen molar-refractivity contribution in [2.45, 2.75) is 38.5 Å². The van der Waals surface area contributed by atoms with Crippen LogP contribution >= 0.6 is 11.8 Å². The van der Waals surface area contributed by atoms with Gasteiger partial charge in [0.25, 0.3) is 5.56 Å². The van der Waals surface area contributed by atoms with E-state index >= 15 is 0 Å². The highest BCUT2D eigenvalue weighted by Gasteiger charge is 2.18. The Morgan fingerprint density at radius 3 is 2.56 bits per heavy atom. The Balaban J connectivity index is 1.57. The number of carbonyl (C=O) groups excluding carboxylic acids is 1. The molecule has 0 aliphatic rings. The number of carbonyl (C=O) groups is 1. The van der Waals surface area contributed by atoms with E-state index in [0.29, 0.717) is 41.1 Å². The molecule has 2 aromatic heterocycles. The van der Waals surface area contributed by atoms with Crippen molar-refractivity contribution < 1.29 is 14.3 Å². The summed E-state index contributed by atoms with van der Waals surface area (Å²) in [6.45, 7) is 4.68. The molecule has 4 rings (SSSR count). The third-order valence-corrected chi connectivity index (χ3v) is 6.80. The number of hydrogen-bond acceptors (Lipinski definition) is 5. The minimum absolute atomic E-state index is 0.0393. The lowest BCUT2D eigenvalue weighted by Gasteiger charge is -2.12. The number of aromatic nitrogens is 3. The van der Waals surface area contributed by atoms with E-state index in [1.807, 2.05) is 30.5 Å². The van der Waals surface area contributed by atoms with E-state index in [2.05, 4.69) is 4.98 Å². The van der Waals surface area contributed by atoms with Crippen molar-refractivity contribution in [2.75, 3.05) is 12.4 Å². The van der Waals surface area contributed by atoms with Crippen molar-refractivity contribution in [1.82, 2.24) is 14.1 Å². The molecule has 6 nitrogen and oxygen atoms in total. The molecule has 0 fully saturated rings. The molecule has 0 amide bonds. The van der Waals surface area contributed by atoms with E-state index in [1.54, 1.807) is 30.3 Å². The van der Waals surface area contributed by atoms with Crippen molar-refractivity contribution in [2.24, 2.45) is 0 Å². The zero-order valence-electron chi connectivity index (χ0n) is 19.1. The average molecular weight is 480 g/mol. The summed E-state index contributed by atoms with van der Waals surface area (Å²) in [5.41, 5.74) is 3.77. The summed E-state index contributed by atoms with van der Waals surface area (Å²) in [6, 6.07) is 15.3. The van der Waals surface area contributed by atoms with E-state index in [-0.39, 0.29) is 29.5 Å². The molecule has 34 heavy (non-hydrogen) atoms. The Kier molecular flexibility index (Phi) is 7.29. The number of para-hydroxylation sites is 1.